The Balaban J connectivity index is 4.43. The Morgan fingerprint density at radius 2 is 1.85 bits per heavy atom. The fourth-order valence-corrected chi connectivity index (χ4v) is 2.12. The van der Waals surface area contributed by atoms with E-state index in [0.717, 1.165) is 12.8 Å². The first kappa shape index (κ1) is 18.9. The lowest BCUT2D eigenvalue weighted by atomic mass is 9.76. The van der Waals surface area contributed by atoms with Gasteiger partial charge in [-0.25, -0.2) is 0 Å². The Labute approximate surface area is 121 Å². The van der Waals surface area contributed by atoms with Gasteiger partial charge in [0.25, 0.3) is 0 Å². The smallest absolute Gasteiger partial charge is 0.310 e. The van der Waals surface area contributed by atoms with Crippen molar-refractivity contribution in [2.75, 3.05) is 13.2 Å². The number of nitrogens with one attached hydrogen (secondary N) is 1. The van der Waals surface area contributed by atoms with E-state index in [1.54, 1.807) is 6.92 Å². The topological polar surface area (TPSA) is 86.6 Å². The number of rotatable bonds is 10. The van der Waals surface area contributed by atoms with E-state index in [9.17, 15) is 14.7 Å². The van der Waals surface area contributed by atoms with Crippen LogP contribution in [0.5, 0.6) is 0 Å². The molecule has 2 unspecified atom stereocenters. The van der Waals surface area contributed by atoms with Crippen LogP contribution in [0.4, 0.5) is 0 Å². The van der Waals surface area contributed by atoms with E-state index in [1.807, 2.05) is 13.8 Å². The molecule has 2 atom stereocenters. The molecule has 0 aliphatic carbocycles. The van der Waals surface area contributed by atoms with E-state index in [0.29, 0.717) is 13.0 Å². The van der Waals surface area contributed by atoms with Gasteiger partial charge in [-0.3, -0.25) is 9.59 Å². The zero-order valence-corrected chi connectivity index (χ0v) is 13.1. The zero-order chi connectivity index (χ0) is 15.8. The Hall–Kier alpha value is -1.10. The molecule has 20 heavy (non-hydrogen) atoms. The maximum absolute atomic E-state index is 11.9. The van der Waals surface area contributed by atoms with Crippen LogP contribution in [0.25, 0.3) is 0 Å². The van der Waals surface area contributed by atoms with Crippen LogP contribution in [-0.2, 0) is 9.59 Å². The van der Waals surface area contributed by atoms with Gasteiger partial charge in [-0.1, -0.05) is 27.2 Å². The van der Waals surface area contributed by atoms with Crippen LogP contribution in [0, 0.1) is 17.3 Å². The second kappa shape index (κ2) is 8.95. The Morgan fingerprint density at radius 3 is 2.25 bits per heavy atom. The van der Waals surface area contributed by atoms with E-state index in [1.165, 1.54) is 0 Å². The van der Waals surface area contributed by atoms with E-state index >= 15 is 0 Å². The summed E-state index contributed by atoms with van der Waals surface area (Å²) < 4.78 is 0. The maximum atomic E-state index is 11.9. The van der Waals surface area contributed by atoms with Crippen molar-refractivity contribution in [1.82, 2.24) is 5.32 Å². The molecule has 0 aromatic heterocycles. The van der Waals surface area contributed by atoms with Gasteiger partial charge in [0.2, 0.25) is 5.91 Å². The molecular weight excluding hydrogens is 258 g/mol. The van der Waals surface area contributed by atoms with Crippen LogP contribution in [-0.4, -0.2) is 35.2 Å². The molecule has 0 radical (unpaired) electrons. The first-order valence-corrected chi connectivity index (χ1v) is 7.38. The van der Waals surface area contributed by atoms with Crippen molar-refractivity contribution in [2.24, 2.45) is 17.3 Å². The van der Waals surface area contributed by atoms with Gasteiger partial charge in [0.15, 0.2) is 0 Å². The fraction of sp³-hybridized carbons (Fsp3) is 0.867. The summed E-state index contributed by atoms with van der Waals surface area (Å²) in [5.41, 5.74) is -1.04. The molecule has 0 aliphatic rings. The van der Waals surface area contributed by atoms with Gasteiger partial charge in [-0.05, 0) is 31.6 Å². The molecule has 0 fully saturated rings. The molecule has 0 spiro atoms. The summed E-state index contributed by atoms with van der Waals surface area (Å²) in [5, 5.41) is 21.1. The van der Waals surface area contributed by atoms with Gasteiger partial charge >= 0.3 is 5.97 Å². The monoisotopic (exact) mass is 287 g/mol. The highest BCUT2D eigenvalue weighted by Crippen LogP contribution is 2.31. The third-order valence-electron chi connectivity index (χ3n) is 4.11. The lowest BCUT2D eigenvalue weighted by Crippen LogP contribution is -2.40. The van der Waals surface area contributed by atoms with Crippen LogP contribution >= 0.6 is 0 Å². The molecule has 0 aromatic rings. The second-order valence-electron chi connectivity index (χ2n) is 6.03. The molecule has 0 rings (SSSR count). The number of amides is 1. The van der Waals surface area contributed by atoms with Crippen molar-refractivity contribution in [3.63, 3.8) is 0 Å². The third-order valence-corrected chi connectivity index (χ3v) is 4.11. The molecule has 0 saturated heterocycles. The van der Waals surface area contributed by atoms with Crippen LogP contribution in [0.1, 0.15) is 53.4 Å². The summed E-state index contributed by atoms with van der Waals surface area (Å²) in [6.45, 7) is 7.91. The molecule has 5 heteroatoms. The number of hydrogen-bond donors (Lipinski definition) is 3. The third kappa shape index (κ3) is 5.90. The van der Waals surface area contributed by atoms with Crippen molar-refractivity contribution in [2.45, 2.75) is 53.4 Å². The number of carbonyl (C=O) groups excluding carboxylic acids is 1. The van der Waals surface area contributed by atoms with Gasteiger partial charge < -0.3 is 15.5 Å². The maximum Gasteiger partial charge on any atom is 0.310 e. The van der Waals surface area contributed by atoms with Crippen LogP contribution in [0.3, 0.4) is 0 Å². The number of carbonyl (C=O) groups is 2. The van der Waals surface area contributed by atoms with Crippen LogP contribution < -0.4 is 5.32 Å². The van der Waals surface area contributed by atoms with Gasteiger partial charge in [-0.2, -0.15) is 0 Å². The van der Waals surface area contributed by atoms with Gasteiger partial charge in [0.1, 0.15) is 0 Å². The summed E-state index contributed by atoms with van der Waals surface area (Å²) >= 11 is 0. The number of carboxylic acids is 1. The van der Waals surface area contributed by atoms with E-state index < -0.39 is 11.4 Å². The standard InChI is InChI=1S/C15H29NO4/c1-5-6-12(7-8-17)10-16-13(18)9-15(4,11(2)3)14(19)20/h11-12,17H,5-10H2,1-4H3,(H,16,18)(H,19,20). The van der Waals surface area contributed by atoms with Crippen molar-refractivity contribution in [3.8, 4) is 0 Å². The zero-order valence-electron chi connectivity index (χ0n) is 13.1. The quantitative estimate of drug-likeness (QED) is 0.574. The SMILES string of the molecule is CCCC(CCO)CNC(=O)CC(C)(C(=O)O)C(C)C. The van der Waals surface area contributed by atoms with E-state index in [4.69, 9.17) is 5.11 Å². The van der Waals surface area contributed by atoms with E-state index in [2.05, 4.69) is 12.2 Å². The Morgan fingerprint density at radius 1 is 1.25 bits per heavy atom. The van der Waals surface area contributed by atoms with Crippen molar-refractivity contribution < 1.29 is 19.8 Å². The Bertz CT molecular complexity index is 311. The minimum absolute atomic E-state index is 0.0159. The van der Waals surface area contributed by atoms with Gasteiger partial charge in [-0.15, -0.1) is 0 Å². The first-order chi connectivity index (χ1) is 9.27. The van der Waals surface area contributed by atoms with Crippen molar-refractivity contribution in [1.29, 1.82) is 0 Å². The largest absolute Gasteiger partial charge is 0.481 e. The van der Waals surface area contributed by atoms with E-state index in [-0.39, 0.29) is 30.8 Å². The molecule has 0 bridgehead atoms. The highest BCUT2D eigenvalue weighted by atomic mass is 16.4. The Kier molecular flexibility index (Phi) is 8.46. The molecular formula is C15H29NO4. The minimum atomic E-state index is -1.04. The molecule has 118 valence electrons. The summed E-state index contributed by atoms with van der Waals surface area (Å²) in [5.74, 6) is -1.04. The number of aliphatic carboxylic acids is 1. The van der Waals surface area contributed by atoms with Gasteiger partial charge in [0.05, 0.1) is 5.41 Å². The van der Waals surface area contributed by atoms with Crippen molar-refractivity contribution in [3.05, 3.63) is 0 Å². The summed E-state index contributed by atoms with van der Waals surface area (Å²) in [7, 11) is 0. The average molecular weight is 287 g/mol. The summed E-state index contributed by atoms with van der Waals surface area (Å²) in [6.07, 6.45) is 2.59. The van der Waals surface area contributed by atoms with Crippen LogP contribution in [0.2, 0.25) is 0 Å². The number of hydrogen-bond acceptors (Lipinski definition) is 3. The highest BCUT2D eigenvalue weighted by Gasteiger charge is 2.38. The summed E-state index contributed by atoms with van der Waals surface area (Å²) in [4.78, 5) is 23.3. The molecule has 1 amide bonds. The molecule has 0 heterocycles. The number of aliphatic hydroxyl groups is 1. The minimum Gasteiger partial charge on any atom is -0.481 e. The first-order valence-electron chi connectivity index (χ1n) is 7.38. The average Bonchev–Trinajstić information content (AvgIpc) is 2.35. The molecule has 0 saturated carbocycles. The predicted octanol–water partition coefficient (Wildman–Crippen LogP) is 2.04. The number of carboxylic acid groups (broad SMARTS) is 1. The molecule has 3 N–H and O–H groups in total. The highest BCUT2D eigenvalue weighted by molar-refractivity contribution is 5.84. The van der Waals surface area contributed by atoms with Crippen LogP contribution in [0.15, 0.2) is 0 Å². The lowest BCUT2D eigenvalue weighted by molar-refractivity contribution is -0.153. The van der Waals surface area contributed by atoms with Gasteiger partial charge in [0, 0.05) is 19.6 Å². The summed E-state index contributed by atoms with van der Waals surface area (Å²) in [6, 6.07) is 0. The number of aliphatic hydroxyl groups excluding tert-OH is 1. The molecule has 0 aromatic carbocycles. The molecule has 5 nitrogen and oxygen atoms in total. The molecule has 0 aliphatic heterocycles. The van der Waals surface area contributed by atoms with Crippen molar-refractivity contribution >= 4 is 11.9 Å². The predicted molar refractivity (Wildman–Crippen MR) is 78.3 cm³/mol. The normalized spacial score (nSPS) is 15.7. The second-order valence-corrected chi connectivity index (χ2v) is 6.03. The fourth-order valence-electron chi connectivity index (χ4n) is 2.12. The lowest BCUT2D eigenvalue weighted by Gasteiger charge is -2.28.